The molecule has 5 nitrogen and oxygen atoms in total. The number of anilines is 1. The maximum Gasteiger partial charge on any atom is 0.244 e. The number of hydrogen-bond donors (Lipinski definition) is 2. The van der Waals surface area contributed by atoms with E-state index >= 15 is 0 Å². The molecule has 1 atom stereocenters. The van der Waals surface area contributed by atoms with Crippen molar-refractivity contribution >= 4 is 33.2 Å². The molecule has 0 bridgehead atoms. The highest BCUT2D eigenvalue weighted by molar-refractivity contribution is 7.89. The smallest absolute Gasteiger partial charge is 0.244 e. The van der Waals surface area contributed by atoms with Crippen LogP contribution in [0.15, 0.2) is 47.4 Å². The fourth-order valence-corrected chi connectivity index (χ4v) is 3.72. The lowest BCUT2D eigenvalue weighted by Crippen LogP contribution is -2.27. The lowest BCUT2D eigenvalue weighted by Gasteiger charge is -2.16. The summed E-state index contributed by atoms with van der Waals surface area (Å²) in [6.45, 7) is 3.38. The Bertz CT molecular complexity index is 870. The van der Waals surface area contributed by atoms with Crippen LogP contribution in [-0.4, -0.2) is 14.3 Å². The van der Waals surface area contributed by atoms with Gasteiger partial charge in [0.2, 0.25) is 15.9 Å². The summed E-state index contributed by atoms with van der Waals surface area (Å²) in [4.78, 5) is 10.9. The molecule has 1 amide bonds. The van der Waals surface area contributed by atoms with Gasteiger partial charge in [-0.15, -0.1) is 0 Å². The molecule has 0 aliphatic rings. The second kappa shape index (κ2) is 7.95. The molecule has 8 heteroatoms. The zero-order valence-electron chi connectivity index (χ0n) is 13.7. The van der Waals surface area contributed by atoms with Gasteiger partial charge >= 0.3 is 0 Å². The van der Waals surface area contributed by atoms with Crippen molar-refractivity contribution in [2.75, 3.05) is 5.32 Å². The van der Waals surface area contributed by atoms with E-state index in [-0.39, 0.29) is 10.9 Å². The van der Waals surface area contributed by atoms with E-state index in [1.807, 2.05) is 0 Å². The van der Waals surface area contributed by atoms with Gasteiger partial charge in [-0.05, 0) is 36.8 Å². The van der Waals surface area contributed by atoms with Gasteiger partial charge in [0.05, 0.1) is 5.02 Å². The highest BCUT2D eigenvalue weighted by Crippen LogP contribution is 2.24. The van der Waals surface area contributed by atoms with Crippen LogP contribution in [0.4, 0.5) is 10.1 Å². The molecular formula is C17H18ClFN2O3S. The van der Waals surface area contributed by atoms with Gasteiger partial charge in [0.1, 0.15) is 4.90 Å². The summed E-state index contributed by atoms with van der Waals surface area (Å²) >= 11 is 5.64. The molecule has 0 saturated carbocycles. The van der Waals surface area contributed by atoms with Crippen LogP contribution in [-0.2, 0) is 14.8 Å². The minimum atomic E-state index is -4.07. The Morgan fingerprint density at radius 3 is 2.44 bits per heavy atom. The summed E-state index contributed by atoms with van der Waals surface area (Å²) in [7, 11) is -4.07. The van der Waals surface area contributed by atoms with Crippen LogP contribution in [0.2, 0.25) is 5.02 Å². The predicted molar refractivity (Wildman–Crippen MR) is 95.5 cm³/mol. The first-order valence-electron chi connectivity index (χ1n) is 7.60. The lowest BCUT2D eigenvalue weighted by molar-refractivity contribution is -0.115. The second-order valence-electron chi connectivity index (χ2n) is 5.42. The Labute approximate surface area is 151 Å². The van der Waals surface area contributed by atoms with Crippen LogP contribution >= 0.6 is 11.6 Å². The van der Waals surface area contributed by atoms with Crippen molar-refractivity contribution in [2.45, 2.75) is 31.2 Å². The minimum absolute atomic E-state index is 0.113. The molecule has 0 heterocycles. The SMILES string of the molecule is CCC(=O)Nc1ccc(C(C)NS(=O)(=O)c2cccc(Cl)c2F)cc1. The van der Waals surface area contributed by atoms with Crippen LogP contribution in [0.25, 0.3) is 0 Å². The largest absolute Gasteiger partial charge is 0.326 e. The van der Waals surface area contributed by atoms with E-state index in [1.165, 1.54) is 12.1 Å². The summed E-state index contributed by atoms with van der Waals surface area (Å²) < 4.78 is 41.1. The highest BCUT2D eigenvalue weighted by atomic mass is 35.5. The molecule has 2 rings (SSSR count). The molecule has 0 aliphatic heterocycles. The molecule has 2 aromatic carbocycles. The molecule has 0 radical (unpaired) electrons. The maximum absolute atomic E-state index is 14.0. The van der Waals surface area contributed by atoms with Crippen LogP contribution < -0.4 is 10.0 Å². The van der Waals surface area contributed by atoms with Crippen molar-refractivity contribution < 1.29 is 17.6 Å². The molecule has 2 aromatic rings. The van der Waals surface area contributed by atoms with E-state index in [2.05, 4.69) is 10.0 Å². The molecule has 0 saturated heterocycles. The minimum Gasteiger partial charge on any atom is -0.326 e. The average Bonchev–Trinajstić information content (AvgIpc) is 2.57. The molecular weight excluding hydrogens is 367 g/mol. The predicted octanol–water partition coefficient (Wildman–Crippen LogP) is 3.87. The first-order valence-corrected chi connectivity index (χ1v) is 9.47. The van der Waals surface area contributed by atoms with Gasteiger partial charge < -0.3 is 5.32 Å². The Kier molecular flexibility index (Phi) is 6.16. The Balaban J connectivity index is 2.17. The summed E-state index contributed by atoms with van der Waals surface area (Å²) in [5.74, 6) is -1.10. The highest BCUT2D eigenvalue weighted by Gasteiger charge is 2.23. The normalized spacial score (nSPS) is 12.6. The monoisotopic (exact) mass is 384 g/mol. The number of rotatable bonds is 6. The van der Waals surface area contributed by atoms with E-state index in [9.17, 15) is 17.6 Å². The average molecular weight is 385 g/mol. The van der Waals surface area contributed by atoms with E-state index in [4.69, 9.17) is 11.6 Å². The molecule has 0 aliphatic carbocycles. The Hall–Kier alpha value is -1.96. The van der Waals surface area contributed by atoms with Gasteiger partial charge in [-0.1, -0.05) is 36.7 Å². The number of benzene rings is 2. The number of sulfonamides is 1. The van der Waals surface area contributed by atoms with Crippen LogP contribution in [0, 0.1) is 5.82 Å². The number of carbonyl (C=O) groups is 1. The first kappa shape index (κ1) is 19.4. The Morgan fingerprint density at radius 2 is 1.84 bits per heavy atom. The summed E-state index contributed by atoms with van der Waals surface area (Å²) in [6, 6.07) is 9.93. The van der Waals surface area contributed by atoms with Crippen LogP contribution in [0.5, 0.6) is 0 Å². The van der Waals surface area contributed by atoms with Crippen molar-refractivity contribution in [2.24, 2.45) is 0 Å². The van der Waals surface area contributed by atoms with Crippen molar-refractivity contribution in [3.8, 4) is 0 Å². The van der Waals surface area contributed by atoms with Crippen LogP contribution in [0.1, 0.15) is 31.9 Å². The summed E-state index contributed by atoms with van der Waals surface area (Å²) in [5, 5.41) is 2.45. The third-order valence-corrected chi connectivity index (χ3v) is 5.40. The van der Waals surface area contributed by atoms with E-state index in [0.29, 0.717) is 17.7 Å². The number of nitrogens with one attached hydrogen (secondary N) is 2. The van der Waals surface area contributed by atoms with E-state index in [0.717, 1.165) is 6.07 Å². The quantitative estimate of drug-likeness (QED) is 0.793. The Morgan fingerprint density at radius 1 is 1.20 bits per heavy atom. The number of hydrogen-bond acceptors (Lipinski definition) is 3. The number of amides is 1. The third-order valence-electron chi connectivity index (χ3n) is 3.55. The molecule has 1 unspecified atom stereocenters. The summed E-state index contributed by atoms with van der Waals surface area (Å²) in [6.07, 6.45) is 0.364. The fraction of sp³-hybridized carbons (Fsp3) is 0.235. The van der Waals surface area contributed by atoms with Crippen molar-refractivity contribution in [1.82, 2.24) is 4.72 Å². The van der Waals surface area contributed by atoms with E-state index in [1.54, 1.807) is 38.1 Å². The molecule has 25 heavy (non-hydrogen) atoms. The van der Waals surface area contributed by atoms with Crippen molar-refractivity contribution in [3.05, 3.63) is 58.9 Å². The third kappa shape index (κ3) is 4.78. The molecule has 2 N–H and O–H groups in total. The lowest BCUT2D eigenvalue weighted by atomic mass is 10.1. The maximum atomic E-state index is 14.0. The number of halogens is 2. The zero-order valence-corrected chi connectivity index (χ0v) is 15.3. The molecule has 0 aromatic heterocycles. The second-order valence-corrected chi connectivity index (χ2v) is 7.51. The van der Waals surface area contributed by atoms with Crippen molar-refractivity contribution in [1.29, 1.82) is 0 Å². The van der Waals surface area contributed by atoms with Gasteiger partial charge in [-0.25, -0.2) is 17.5 Å². The summed E-state index contributed by atoms with van der Waals surface area (Å²) in [5.41, 5.74) is 1.28. The zero-order chi connectivity index (χ0) is 18.6. The molecule has 0 spiro atoms. The van der Waals surface area contributed by atoms with Gasteiger partial charge in [0.15, 0.2) is 5.82 Å². The van der Waals surface area contributed by atoms with Crippen molar-refractivity contribution in [3.63, 3.8) is 0 Å². The standard InChI is InChI=1S/C17H18ClFN2O3S/c1-3-16(22)20-13-9-7-12(8-10-13)11(2)21-25(23,24)15-6-4-5-14(18)17(15)19/h4-11,21H,3H2,1-2H3,(H,20,22). The van der Waals surface area contributed by atoms with E-state index < -0.39 is 26.8 Å². The first-order chi connectivity index (χ1) is 11.7. The fourth-order valence-electron chi connectivity index (χ4n) is 2.16. The topological polar surface area (TPSA) is 75.3 Å². The van der Waals surface area contributed by atoms with Gasteiger partial charge in [-0.2, -0.15) is 0 Å². The van der Waals surface area contributed by atoms with Gasteiger partial charge in [0.25, 0.3) is 0 Å². The van der Waals surface area contributed by atoms with Gasteiger partial charge in [0, 0.05) is 18.2 Å². The van der Waals surface area contributed by atoms with Gasteiger partial charge in [-0.3, -0.25) is 4.79 Å². The molecule has 0 fully saturated rings. The molecule has 134 valence electrons. The van der Waals surface area contributed by atoms with Crippen LogP contribution in [0.3, 0.4) is 0 Å². The number of carbonyl (C=O) groups excluding carboxylic acids is 1.